The Balaban J connectivity index is 1.08. The predicted molar refractivity (Wildman–Crippen MR) is 175 cm³/mol. The summed E-state index contributed by atoms with van der Waals surface area (Å²) in [6, 6.07) is 24.3. The van der Waals surface area contributed by atoms with Crippen LogP contribution in [0.2, 0.25) is 5.02 Å². The van der Waals surface area contributed by atoms with Gasteiger partial charge in [0.05, 0.1) is 7.11 Å². The Hall–Kier alpha value is -4.60. The molecule has 5 rings (SSSR count). The molecule has 0 bridgehead atoms. The Labute approximate surface area is 260 Å². The minimum Gasteiger partial charge on any atom is -0.497 e. The number of thiocarbonyl (C=S) groups is 1. The molecule has 1 fully saturated rings. The largest absolute Gasteiger partial charge is 0.497 e. The standard InChI is InChI=1S/C33H31ClN4O4S/c1-22-3-4-24(21-29(22)34)30-15-13-28(42-30)14-16-31(39)36-33(43)35-25-7-9-26(10-8-25)37-17-19-38(20-18-37)32(40)23-5-11-27(41-2)12-6-23/h3-16,21H,17-20H2,1-2H3,(H2,35,36,39,43)/b16-14+. The quantitative estimate of drug-likeness (QED) is 0.184. The fraction of sp³-hybridized carbons (Fsp3) is 0.182. The smallest absolute Gasteiger partial charge is 0.253 e. The second-order valence-corrected chi connectivity index (χ2v) is 10.8. The number of piperazine rings is 1. The molecule has 0 radical (unpaired) electrons. The number of ether oxygens (including phenoxy) is 1. The van der Waals surface area contributed by atoms with Crippen LogP contribution in [0.15, 0.2) is 89.4 Å². The van der Waals surface area contributed by atoms with Crippen LogP contribution in [0.4, 0.5) is 11.4 Å². The fourth-order valence-corrected chi connectivity index (χ4v) is 5.06. The number of carbonyl (C=O) groups is 2. The van der Waals surface area contributed by atoms with Crippen molar-refractivity contribution in [3.8, 4) is 17.1 Å². The third-order valence-electron chi connectivity index (χ3n) is 7.11. The Morgan fingerprint density at radius 2 is 1.67 bits per heavy atom. The SMILES string of the molecule is COc1ccc(C(=O)N2CCN(c3ccc(NC(=S)NC(=O)/C=C/c4ccc(-c5ccc(C)c(Cl)c5)o4)cc3)CC2)cc1. The summed E-state index contributed by atoms with van der Waals surface area (Å²) >= 11 is 11.5. The van der Waals surface area contributed by atoms with E-state index >= 15 is 0 Å². The second-order valence-electron chi connectivity index (χ2n) is 10.00. The van der Waals surface area contributed by atoms with E-state index in [9.17, 15) is 9.59 Å². The second kappa shape index (κ2) is 13.6. The molecule has 10 heteroatoms. The number of benzene rings is 3. The number of anilines is 2. The van der Waals surface area contributed by atoms with E-state index in [1.54, 1.807) is 43.5 Å². The first-order chi connectivity index (χ1) is 20.8. The van der Waals surface area contributed by atoms with Gasteiger partial charge in [-0.25, -0.2) is 0 Å². The monoisotopic (exact) mass is 614 g/mol. The lowest BCUT2D eigenvalue weighted by atomic mass is 10.1. The summed E-state index contributed by atoms with van der Waals surface area (Å²) < 4.78 is 11.0. The van der Waals surface area contributed by atoms with Crippen molar-refractivity contribution in [2.75, 3.05) is 43.5 Å². The molecule has 1 aromatic heterocycles. The molecule has 2 heterocycles. The Bertz CT molecular complexity index is 1640. The van der Waals surface area contributed by atoms with Crippen LogP contribution in [0.5, 0.6) is 5.75 Å². The number of nitrogens with one attached hydrogen (secondary N) is 2. The zero-order valence-electron chi connectivity index (χ0n) is 23.8. The fourth-order valence-electron chi connectivity index (χ4n) is 4.66. The number of nitrogens with zero attached hydrogens (tertiary/aromatic N) is 2. The third-order valence-corrected chi connectivity index (χ3v) is 7.72. The van der Waals surface area contributed by atoms with E-state index in [4.69, 9.17) is 33.0 Å². The van der Waals surface area contributed by atoms with E-state index in [2.05, 4.69) is 15.5 Å². The minimum absolute atomic E-state index is 0.0220. The van der Waals surface area contributed by atoms with Gasteiger partial charge < -0.3 is 24.3 Å². The lowest BCUT2D eigenvalue weighted by molar-refractivity contribution is -0.115. The van der Waals surface area contributed by atoms with Gasteiger partial charge in [-0.15, -0.1) is 0 Å². The maximum Gasteiger partial charge on any atom is 0.253 e. The highest BCUT2D eigenvalue weighted by Gasteiger charge is 2.22. The molecule has 0 spiro atoms. The lowest BCUT2D eigenvalue weighted by Gasteiger charge is -2.36. The van der Waals surface area contributed by atoms with Crippen LogP contribution in [-0.2, 0) is 4.79 Å². The molecule has 1 saturated heterocycles. The normalized spacial score (nSPS) is 13.2. The Kier molecular flexibility index (Phi) is 9.44. The number of halogens is 1. The minimum atomic E-state index is -0.382. The number of hydrogen-bond donors (Lipinski definition) is 2. The van der Waals surface area contributed by atoms with Gasteiger partial charge in [-0.05, 0) is 97.5 Å². The molecular formula is C33H31ClN4O4S. The first kappa shape index (κ1) is 29.9. The first-order valence-corrected chi connectivity index (χ1v) is 14.5. The van der Waals surface area contributed by atoms with Crippen LogP contribution in [0.3, 0.4) is 0 Å². The first-order valence-electron chi connectivity index (χ1n) is 13.7. The van der Waals surface area contributed by atoms with Crippen LogP contribution in [0.1, 0.15) is 21.7 Å². The third kappa shape index (κ3) is 7.63. The lowest BCUT2D eigenvalue weighted by Crippen LogP contribution is -2.48. The highest BCUT2D eigenvalue weighted by molar-refractivity contribution is 7.80. The summed E-state index contributed by atoms with van der Waals surface area (Å²) in [5, 5.41) is 6.53. The number of hydrogen-bond acceptors (Lipinski definition) is 6. The van der Waals surface area contributed by atoms with E-state index < -0.39 is 0 Å². The van der Waals surface area contributed by atoms with Gasteiger partial charge in [-0.1, -0.05) is 23.7 Å². The van der Waals surface area contributed by atoms with E-state index in [0.29, 0.717) is 35.2 Å². The van der Waals surface area contributed by atoms with Crippen LogP contribution < -0.4 is 20.3 Å². The number of methoxy groups -OCH3 is 1. The molecule has 3 aromatic carbocycles. The molecule has 0 atom stereocenters. The Morgan fingerprint density at radius 1 is 0.953 bits per heavy atom. The van der Waals surface area contributed by atoms with Crippen LogP contribution in [-0.4, -0.2) is 55.1 Å². The maximum atomic E-state index is 12.9. The van der Waals surface area contributed by atoms with Crippen molar-refractivity contribution in [2.45, 2.75) is 6.92 Å². The van der Waals surface area contributed by atoms with Crippen LogP contribution in [0, 0.1) is 6.92 Å². The van der Waals surface area contributed by atoms with Gasteiger partial charge in [0.15, 0.2) is 5.11 Å². The molecule has 2 N–H and O–H groups in total. The molecule has 43 heavy (non-hydrogen) atoms. The van der Waals surface area contributed by atoms with Crippen molar-refractivity contribution in [3.05, 3.63) is 107 Å². The number of furan rings is 1. The predicted octanol–water partition coefficient (Wildman–Crippen LogP) is 6.41. The van der Waals surface area contributed by atoms with E-state index in [0.717, 1.165) is 41.3 Å². The van der Waals surface area contributed by atoms with E-state index in [-0.39, 0.29) is 16.9 Å². The molecule has 1 aliphatic rings. The van der Waals surface area contributed by atoms with Gasteiger partial charge in [0.25, 0.3) is 5.91 Å². The summed E-state index contributed by atoms with van der Waals surface area (Å²) in [7, 11) is 1.60. The van der Waals surface area contributed by atoms with Gasteiger partial charge in [0.1, 0.15) is 17.3 Å². The van der Waals surface area contributed by atoms with Crippen molar-refractivity contribution in [1.29, 1.82) is 0 Å². The molecule has 2 amide bonds. The summed E-state index contributed by atoms with van der Waals surface area (Å²) in [6.45, 7) is 4.66. The molecule has 220 valence electrons. The molecule has 0 unspecified atom stereocenters. The summed E-state index contributed by atoms with van der Waals surface area (Å²) in [5.74, 6) is 1.55. The number of rotatable bonds is 7. The number of amides is 2. The van der Waals surface area contributed by atoms with E-state index in [1.165, 1.54) is 6.08 Å². The summed E-state index contributed by atoms with van der Waals surface area (Å²) in [4.78, 5) is 29.4. The molecular weight excluding hydrogens is 584 g/mol. The molecule has 0 saturated carbocycles. The molecule has 8 nitrogen and oxygen atoms in total. The molecule has 1 aliphatic heterocycles. The zero-order valence-corrected chi connectivity index (χ0v) is 25.4. The van der Waals surface area contributed by atoms with Gasteiger partial charge in [-0.3, -0.25) is 14.9 Å². The number of aryl methyl sites for hydroxylation is 1. The van der Waals surface area contributed by atoms with E-state index in [1.807, 2.05) is 60.4 Å². The van der Waals surface area contributed by atoms with Crippen molar-refractivity contribution in [1.82, 2.24) is 10.2 Å². The van der Waals surface area contributed by atoms with Gasteiger partial charge in [-0.2, -0.15) is 0 Å². The van der Waals surface area contributed by atoms with Crippen molar-refractivity contribution in [3.63, 3.8) is 0 Å². The highest BCUT2D eigenvalue weighted by Crippen LogP contribution is 2.27. The van der Waals surface area contributed by atoms with Crippen molar-refractivity contribution < 1.29 is 18.7 Å². The molecule has 0 aliphatic carbocycles. The van der Waals surface area contributed by atoms with Crippen molar-refractivity contribution >= 4 is 58.2 Å². The summed E-state index contributed by atoms with van der Waals surface area (Å²) in [5.41, 5.74) is 4.30. The van der Waals surface area contributed by atoms with Gasteiger partial charge >= 0.3 is 0 Å². The van der Waals surface area contributed by atoms with Crippen LogP contribution in [0.25, 0.3) is 17.4 Å². The van der Waals surface area contributed by atoms with Crippen molar-refractivity contribution in [2.24, 2.45) is 0 Å². The average Bonchev–Trinajstić information content (AvgIpc) is 3.51. The zero-order chi connectivity index (χ0) is 30.3. The highest BCUT2D eigenvalue weighted by atomic mass is 35.5. The number of carbonyl (C=O) groups excluding carboxylic acids is 2. The molecule has 4 aromatic rings. The van der Waals surface area contributed by atoms with Gasteiger partial charge in [0.2, 0.25) is 5.91 Å². The van der Waals surface area contributed by atoms with Gasteiger partial charge in [0, 0.05) is 59.8 Å². The average molecular weight is 615 g/mol. The van der Waals surface area contributed by atoms with Crippen LogP contribution >= 0.6 is 23.8 Å². The topological polar surface area (TPSA) is 87.0 Å². The maximum absolute atomic E-state index is 12.9. The summed E-state index contributed by atoms with van der Waals surface area (Å²) in [6.07, 6.45) is 2.94. The Morgan fingerprint density at radius 3 is 2.35 bits per heavy atom.